The molecule has 0 spiro atoms. The van der Waals surface area contributed by atoms with Crippen molar-refractivity contribution in [3.05, 3.63) is 12.2 Å². The first kappa shape index (κ1) is 11.2. The molecule has 0 amide bonds. The van der Waals surface area contributed by atoms with Crippen LogP contribution < -0.4 is 0 Å². The molecule has 2 unspecified atom stereocenters. The Kier molecular flexibility index (Phi) is 3.66. The number of nitrogens with zero attached hydrogens (tertiary/aromatic N) is 1. The molecule has 1 N–H and O–H groups in total. The molecule has 1 aliphatic rings. The minimum absolute atomic E-state index is 0.174. The minimum atomic E-state index is -0.920. The number of hydrogen-bond acceptors (Lipinski definition) is 3. The first-order valence-corrected chi connectivity index (χ1v) is 4.77. The molecule has 0 aromatic rings. The second-order valence-corrected chi connectivity index (χ2v) is 3.83. The first-order chi connectivity index (χ1) is 6.50. The van der Waals surface area contributed by atoms with E-state index in [-0.39, 0.29) is 17.7 Å². The summed E-state index contributed by atoms with van der Waals surface area (Å²) in [5, 5.41) is 8.71. The van der Waals surface area contributed by atoms with Crippen LogP contribution in [0.3, 0.4) is 0 Å². The molecule has 1 saturated heterocycles. The van der Waals surface area contributed by atoms with E-state index in [0.29, 0.717) is 13.2 Å². The van der Waals surface area contributed by atoms with Crippen molar-refractivity contribution >= 4 is 5.97 Å². The van der Waals surface area contributed by atoms with Crippen molar-refractivity contribution in [3.63, 3.8) is 0 Å². The average molecular weight is 199 g/mol. The highest BCUT2D eigenvalue weighted by Crippen LogP contribution is 2.12. The number of ether oxygens (including phenoxy) is 1. The topological polar surface area (TPSA) is 49.8 Å². The lowest BCUT2D eigenvalue weighted by molar-refractivity contribution is -0.133. The second-order valence-electron chi connectivity index (χ2n) is 3.83. The highest BCUT2D eigenvalue weighted by Gasteiger charge is 2.24. The summed E-state index contributed by atoms with van der Waals surface area (Å²) >= 11 is 0. The van der Waals surface area contributed by atoms with Crippen LogP contribution in [0.4, 0.5) is 0 Å². The van der Waals surface area contributed by atoms with Gasteiger partial charge in [-0.15, -0.1) is 0 Å². The molecule has 14 heavy (non-hydrogen) atoms. The molecule has 0 aliphatic carbocycles. The lowest BCUT2D eigenvalue weighted by Gasteiger charge is -2.36. The molecule has 0 aromatic carbocycles. The van der Waals surface area contributed by atoms with Gasteiger partial charge in [-0.25, -0.2) is 4.79 Å². The molecule has 4 nitrogen and oxygen atoms in total. The predicted molar refractivity (Wildman–Crippen MR) is 53.2 cm³/mol. The van der Waals surface area contributed by atoms with Gasteiger partial charge in [0.05, 0.1) is 12.7 Å². The Morgan fingerprint density at radius 1 is 1.64 bits per heavy atom. The van der Waals surface area contributed by atoms with E-state index < -0.39 is 5.97 Å². The highest BCUT2D eigenvalue weighted by atomic mass is 16.5. The van der Waals surface area contributed by atoms with Crippen LogP contribution in [0.2, 0.25) is 0 Å². The maximum Gasteiger partial charge on any atom is 0.332 e. The van der Waals surface area contributed by atoms with E-state index in [4.69, 9.17) is 9.84 Å². The van der Waals surface area contributed by atoms with Crippen molar-refractivity contribution in [1.82, 2.24) is 4.90 Å². The van der Waals surface area contributed by atoms with Crippen LogP contribution >= 0.6 is 0 Å². The van der Waals surface area contributed by atoms with Gasteiger partial charge in [-0.1, -0.05) is 6.58 Å². The fraction of sp³-hybridized carbons (Fsp3) is 0.700. The molecule has 0 aromatic heterocycles. The van der Waals surface area contributed by atoms with Gasteiger partial charge in [0.15, 0.2) is 0 Å². The molecule has 0 saturated carbocycles. The third kappa shape index (κ3) is 2.82. The number of carboxylic acid groups (broad SMARTS) is 1. The monoisotopic (exact) mass is 199 g/mol. The molecule has 1 heterocycles. The Balaban J connectivity index is 2.49. The summed E-state index contributed by atoms with van der Waals surface area (Å²) in [6.07, 6.45) is 0.174. The zero-order valence-corrected chi connectivity index (χ0v) is 8.69. The first-order valence-electron chi connectivity index (χ1n) is 4.77. The van der Waals surface area contributed by atoms with Gasteiger partial charge in [-0.05, 0) is 13.8 Å². The van der Waals surface area contributed by atoms with Crippen LogP contribution in [-0.2, 0) is 9.53 Å². The number of carbonyl (C=O) groups is 1. The van der Waals surface area contributed by atoms with Crippen LogP contribution in [0, 0.1) is 0 Å². The maximum atomic E-state index is 10.6. The highest BCUT2D eigenvalue weighted by molar-refractivity contribution is 5.86. The van der Waals surface area contributed by atoms with Crippen LogP contribution in [-0.4, -0.2) is 47.8 Å². The molecule has 2 atom stereocenters. The average Bonchev–Trinajstić information content (AvgIpc) is 2.11. The lowest BCUT2D eigenvalue weighted by atomic mass is 10.1. The zero-order chi connectivity index (χ0) is 10.7. The van der Waals surface area contributed by atoms with E-state index >= 15 is 0 Å². The van der Waals surface area contributed by atoms with Gasteiger partial charge in [0.1, 0.15) is 0 Å². The number of aliphatic carboxylic acids is 1. The van der Waals surface area contributed by atoms with E-state index in [9.17, 15) is 4.79 Å². The van der Waals surface area contributed by atoms with Gasteiger partial charge >= 0.3 is 5.97 Å². The summed E-state index contributed by atoms with van der Waals surface area (Å²) in [6.45, 7) is 9.40. The summed E-state index contributed by atoms with van der Waals surface area (Å²) in [5.41, 5.74) is 0.242. The van der Waals surface area contributed by atoms with Gasteiger partial charge < -0.3 is 9.84 Å². The summed E-state index contributed by atoms with van der Waals surface area (Å²) in [7, 11) is 0. The van der Waals surface area contributed by atoms with E-state index in [1.54, 1.807) is 0 Å². The van der Waals surface area contributed by atoms with Crippen molar-refractivity contribution < 1.29 is 14.6 Å². The van der Waals surface area contributed by atoms with Crippen molar-refractivity contribution in [2.24, 2.45) is 0 Å². The Labute approximate surface area is 84.2 Å². The molecule has 4 heteroatoms. The molecule has 1 fully saturated rings. The standard InChI is InChI=1S/C10H17NO3/c1-7(10(12)13)4-11-5-9(3)14-6-8(11)2/h8-9H,1,4-6H2,2-3H3,(H,12,13). The third-order valence-electron chi connectivity index (χ3n) is 2.43. The molecule has 0 radical (unpaired) electrons. The summed E-state index contributed by atoms with van der Waals surface area (Å²) < 4.78 is 5.44. The second kappa shape index (κ2) is 4.57. The lowest BCUT2D eigenvalue weighted by Crippen LogP contribution is -2.48. The van der Waals surface area contributed by atoms with Gasteiger partial charge in [-0.3, -0.25) is 4.90 Å². The molecule has 1 rings (SSSR count). The molecular weight excluding hydrogens is 182 g/mol. The van der Waals surface area contributed by atoms with Crippen molar-refractivity contribution in [2.75, 3.05) is 19.7 Å². The summed E-state index contributed by atoms with van der Waals surface area (Å²) in [6, 6.07) is 0.266. The van der Waals surface area contributed by atoms with Crippen molar-refractivity contribution in [2.45, 2.75) is 26.0 Å². The van der Waals surface area contributed by atoms with Crippen LogP contribution in [0.1, 0.15) is 13.8 Å². The minimum Gasteiger partial charge on any atom is -0.478 e. The van der Waals surface area contributed by atoms with Gasteiger partial charge in [0, 0.05) is 24.7 Å². The Morgan fingerprint density at radius 2 is 2.29 bits per heavy atom. The van der Waals surface area contributed by atoms with Gasteiger partial charge in [0.25, 0.3) is 0 Å². The van der Waals surface area contributed by atoms with E-state index in [1.165, 1.54) is 0 Å². The third-order valence-corrected chi connectivity index (χ3v) is 2.43. The molecular formula is C10H17NO3. The van der Waals surface area contributed by atoms with Crippen LogP contribution in [0.25, 0.3) is 0 Å². The molecule has 0 bridgehead atoms. The zero-order valence-electron chi connectivity index (χ0n) is 8.69. The Bertz CT molecular complexity index is 240. The van der Waals surface area contributed by atoms with Crippen molar-refractivity contribution in [3.8, 4) is 0 Å². The molecule has 1 aliphatic heterocycles. The molecule has 80 valence electrons. The number of rotatable bonds is 3. The van der Waals surface area contributed by atoms with E-state index in [2.05, 4.69) is 11.5 Å². The maximum absolute atomic E-state index is 10.6. The summed E-state index contributed by atoms with van der Waals surface area (Å²) in [5.74, 6) is -0.920. The smallest absolute Gasteiger partial charge is 0.332 e. The fourth-order valence-corrected chi connectivity index (χ4v) is 1.50. The Morgan fingerprint density at radius 3 is 2.86 bits per heavy atom. The summed E-state index contributed by atoms with van der Waals surface area (Å²) in [4.78, 5) is 12.7. The van der Waals surface area contributed by atoms with E-state index in [1.807, 2.05) is 13.8 Å². The quantitative estimate of drug-likeness (QED) is 0.681. The SMILES string of the molecule is C=C(CN1CC(C)OCC1C)C(=O)O. The van der Waals surface area contributed by atoms with Gasteiger partial charge in [-0.2, -0.15) is 0 Å². The van der Waals surface area contributed by atoms with Crippen LogP contribution in [0.5, 0.6) is 0 Å². The van der Waals surface area contributed by atoms with Crippen LogP contribution in [0.15, 0.2) is 12.2 Å². The predicted octanol–water partition coefficient (Wildman–Crippen LogP) is 0.736. The van der Waals surface area contributed by atoms with Crippen molar-refractivity contribution in [1.29, 1.82) is 0 Å². The van der Waals surface area contributed by atoms with E-state index in [0.717, 1.165) is 6.54 Å². The number of morpholine rings is 1. The van der Waals surface area contributed by atoms with Gasteiger partial charge in [0.2, 0.25) is 0 Å². The number of carboxylic acids is 1. The number of hydrogen-bond donors (Lipinski definition) is 1. The normalized spacial score (nSPS) is 28.7. The fourth-order valence-electron chi connectivity index (χ4n) is 1.50. The largest absolute Gasteiger partial charge is 0.478 e. The Hall–Kier alpha value is -0.870.